The second-order valence-electron chi connectivity index (χ2n) is 5.83. The van der Waals surface area contributed by atoms with Gasteiger partial charge in [-0.2, -0.15) is 0 Å². The molecule has 2 aliphatic heterocycles. The lowest BCUT2D eigenvalue weighted by Crippen LogP contribution is -2.41. The molecule has 9 nitrogen and oxygen atoms in total. The van der Waals surface area contributed by atoms with E-state index in [0.29, 0.717) is 18.8 Å². The second kappa shape index (κ2) is 8.19. The fraction of sp³-hybridized carbons (Fsp3) is 0.389. The molecular formula is C18H20N2O7. The van der Waals surface area contributed by atoms with Gasteiger partial charge in [0.25, 0.3) is 5.91 Å². The highest BCUT2D eigenvalue weighted by molar-refractivity contribution is 6.03. The summed E-state index contributed by atoms with van der Waals surface area (Å²) in [7, 11) is 2.47. The van der Waals surface area contributed by atoms with E-state index in [2.05, 4.69) is 0 Å². The summed E-state index contributed by atoms with van der Waals surface area (Å²) in [6.07, 6.45) is 0. The summed E-state index contributed by atoms with van der Waals surface area (Å²) < 4.78 is 20.1. The van der Waals surface area contributed by atoms with Crippen LogP contribution >= 0.6 is 0 Å². The minimum absolute atomic E-state index is 0.0476. The van der Waals surface area contributed by atoms with Crippen LogP contribution in [-0.4, -0.2) is 65.2 Å². The number of hydrogen-bond donors (Lipinski definition) is 0. The lowest BCUT2D eigenvalue weighted by Gasteiger charge is -2.32. The standard InChI is InChI=1S/C18H20N2O7/c1-24-17(22)14-9-27-11-20(16(14)18(23)25-2)13-5-3-12(4-6-13)19-7-8-26-10-15(19)21/h3-6H,7-11H2,1-2H3. The number of ether oxygens (including phenoxy) is 4. The van der Waals surface area contributed by atoms with Gasteiger partial charge in [-0.25, -0.2) is 9.59 Å². The van der Waals surface area contributed by atoms with Crippen LogP contribution in [0.1, 0.15) is 0 Å². The predicted octanol–water partition coefficient (Wildman–Crippen LogP) is 0.444. The van der Waals surface area contributed by atoms with E-state index in [1.165, 1.54) is 19.1 Å². The zero-order valence-electron chi connectivity index (χ0n) is 15.1. The van der Waals surface area contributed by atoms with Gasteiger partial charge in [-0.15, -0.1) is 0 Å². The lowest BCUT2D eigenvalue weighted by molar-refractivity contribution is -0.140. The molecule has 0 unspecified atom stereocenters. The van der Waals surface area contributed by atoms with Gasteiger partial charge in [-0.3, -0.25) is 4.79 Å². The molecule has 0 bridgehead atoms. The molecule has 1 aromatic carbocycles. The minimum Gasteiger partial charge on any atom is -0.466 e. The summed E-state index contributed by atoms with van der Waals surface area (Å²) in [4.78, 5) is 39.4. The average molecular weight is 376 g/mol. The molecule has 1 aromatic rings. The Morgan fingerprint density at radius 3 is 2.15 bits per heavy atom. The first-order chi connectivity index (χ1) is 13.1. The van der Waals surface area contributed by atoms with Gasteiger partial charge in [0.05, 0.1) is 33.0 Å². The fourth-order valence-electron chi connectivity index (χ4n) is 2.95. The summed E-state index contributed by atoms with van der Waals surface area (Å²) in [5.74, 6) is -1.43. The molecule has 0 N–H and O–H groups in total. The zero-order valence-corrected chi connectivity index (χ0v) is 15.1. The third-order valence-corrected chi connectivity index (χ3v) is 4.29. The Morgan fingerprint density at radius 2 is 1.56 bits per heavy atom. The molecule has 0 radical (unpaired) electrons. The van der Waals surface area contributed by atoms with Gasteiger partial charge in [-0.1, -0.05) is 0 Å². The first-order valence-corrected chi connectivity index (χ1v) is 8.30. The summed E-state index contributed by atoms with van der Waals surface area (Å²) in [6, 6.07) is 7.01. The average Bonchev–Trinajstić information content (AvgIpc) is 2.72. The van der Waals surface area contributed by atoms with Crippen molar-refractivity contribution in [1.29, 1.82) is 0 Å². The number of anilines is 2. The van der Waals surface area contributed by atoms with Gasteiger partial charge in [0.15, 0.2) is 0 Å². The van der Waals surface area contributed by atoms with E-state index in [-0.39, 0.29) is 37.1 Å². The van der Waals surface area contributed by atoms with E-state index in [4.69, 9.17) is 18.9 Å². The molecule has 0 atom stereocenters. The number of amides is 1. The normalized spacial score (nSPS) is 17.8. The van der Waals surface area contributed by atoms with Crippen LogP contribution in [0.25, 0.3) is 0 Å². The monoisotopic (exact) mass is 376 g/mol. The van der Waals surface area contributed by atoms with Gasteiger partial charge in [-0.05, 0) is 24.3 Å². The van der Waals surface area contributed by atoms with Crippen molar-refractivity contribution >= 4 is 29.2 Å². The number of carbonyl (C=O) groups is 3. The van der Waals surface area contributed by atoms with Crippen molar-refractivity contribution in [1.82, 2.24) is 0 Å². The Kier molecular flexibility index (Phi) is 5.72. The van der Waals surface area contributed by atoms with E-state index >= 15 is 0 Å². The van der Waals surface area contributed by atoms with E-state index in [0.717, 1.165) is 5.69 Å². The fourth-order valence-corrected chi connectivity index (χ4v) is 2.95. The van der Waals surface area contributed by atoms with Crippen LogP contribution < -0.4 is 9.80 Å². The largest absolute Gasteiger partial charge is 0.466 e. The van der Waals surface area contributed by atoms with E-state index in [9.17, 15) is 14.4 Å². The van der Waals surface area contributed by atoms with Gasteiger partial charge >= 0.3 is 11.9 Å². The quantitative estimate of drug-likeness (QED) is 0.699. The van der Waals surface area contributed by atoms with Crippen molar-refractivity contribution in [3.63, 3.8) is 0 Å². The highest BCUT2D eigenvalue weighted by Crippen LogP contribution is 2.28. The van der Waals surface area contributed by atoms with Crippen LogP contribution in [0.15, 0.2) is 35.5 Å². The molecule has 0 saturated carbocycles. The van der Waals surface area contributed by atoms with Crippen LogP contribution in [0.2, 0.25) is 0 Å². The van der Waals surface area contributed by atoms with Crippen molar-refractivity contribution in [2.45, 2.75) is 0 Å². The molecule has 2 heterocycles. The van der Waals surface area contributed by atoms with Crippen molar-refractivity contribution in [2.24, 2.45) is 0 Å². The summed E-state index contributed by atoms with van der Waals surface area (Å²) in [6.45, 7) is 1.03. The smallest absolute Gasteiger partial charge is 0.355 e. The molecule has 0 spiro atoms. The maximum absolute atomic E-state index is 12.3. The number of rotatable bonds is 4. The van der Waals surface area contributed by atoms with E-state index in [1.807, 2.05) is 0 Å². The Hall–Kier alpha value is -2.91. The molecule has 1 fully saturated rings. The SMILES string of the molecule is COC(=O)C1=C(C(=O)OC)N(c2ccc(N3CCOCC3=O)cc2)COC1. The van der Waals surface area contributed by atoms with Crippen LogP contribution in [0.5, 0.6) is 0 Å². The summed E-state index contributed by atoms with van der Waals surface area (Å²) >= 11 is 0. The topological polar surface area (TPSA) is 94.6 Å². The Morgan fingerprint density at radius 1 is 0.926 bits per heavy atom. The molecule has 27 heavy (non-hydrogen) atoms. The number of benzene rings is 1. The van der Waals surface area contributed by atoms with Crippen LogP contribution in [0.4, 0.5) is 11.4 Å². The molecule has 144 valence electrons. The third kappa shape index (κ3) is 3.79. The van der Waals surface area contributed by atoms with Gasteiger partial charge in [0.2, 0.25) is 0 Å². The maximum atomic E-state index is 12.3. The van der Waals surface area contributed by atoms with Crippen molar-refractivity contribution in [3.8, 4) is 0 Å². The first-order valence-electron chi connectivity index (χ1n) is 8.30. The number of methoxy groups -OCH3 is 2. The third-order valence-electron chi connectivity index (χ3n) is 4.29. The van der Waals surface area contributed by atoms with Gasteiger partial charge < -0.3 is 28.7 Å². The van der Waals surface area contributed by atoms with E-state index < -0.39 is 11.9 Å². The number of carbonyl (C=O) groups excluding carboxylic acids is 3. The number of hydrogen-bond acceptors (Lipinski definition) is 8. The number of nitrogens with zero attached hydrogens (tertiary/aromatic N) is 2. The number of esters is 2. The van der Waals surface area contributed by atoms with Gasteiger partial charge in [0.1, 0.15) is 19.0 Å². The highest BCUT2D eigenvalue weighted by atomic mass is 16.5. The number of morpholine rings is 1. The van der Waals surface area contributed by atoms with Crippen LogP contribution in [0.3, 0.4) is 0 Å². The molecule has 1 saturated heterocycles. The molecule has 1 amide bonds. The second-order valence-corrected chi connectivity index (χ2v) is 5.83. The summed E-state index contributed by atoms with van der Waals surface area (Å²) in [5.41, 5.74) is 1.50. The van der Waals surface area contributed by atoms with Crippen molar-refractivity contribution in [3.05, 3.63) is 35.5 Å². The molecule has 0 aromatic heterocycles. The first kappa shape index (κ1) is 18.9. The Bertz CT molecular complexity index is 772. The Balaban J connectivity index is 1.92. The lowest BCUT2D eigenvalue weighted by atomic mass is 10.1. The summed E-state index contributed by atoms with van der Waals surface area (Å²) in [5, 5.41) is 0. The maximum Gasteiger partial charge on any atom is 0.355 e. The predicted molar refractivity (Wildman–Crippen MR) is 94.0 cm³/mol. The molecule has 0 aliphatic carbocycles. The van der Waals surface area contributed by atoms with Crippen LogP contribution in [0, 0.1) is 0 Å². The zero-order chi connectivity index (χ0) is 19.4. The minimum atomic E-state index is -0.661. The highest BCUT2D eigenvalue weighted by Gasteiger charge is 2.32. The van der Waals surface area contributed by atoms with Gasteiger partial charge in [0, 0.05) is 17.9 Å². The molecule has 9 heteroatoms. The Labute approximate surface area is 156 Å². The molecule has 3 rings (SSSR count). The van der Waals surface area contributed by atoms with Crippen molar-refractivity contribution < 1.29 is 33.3 Å². The molecule has 2 aliphatic rings. The van der Waals surface area contributed by atoms with E-state index in [1.54, 1.807) is 29.2 Å². The van der Waals surface area contributed by atoms with Crippen molar-refractivity contribution in [2.75, 3.05) is 57.1 Å². The van der Waals surface area contributed by atoms with Crippen LogP contribution in [-0.2, 0) is 33.3 Å². The molecular weight excluding hydrogens is 356 g/mol.